The van der Waals surface area contributed by atoms with E-state index in [1.807, 2.05) is 0 Å². The fourth-order valence-electron chi connectivity index (χ4n) is 4.32. The number of halogens is 1. The molecule has 18 heavy (non-hydrogen) atoms. The Hall–Kier alpha value is -0.240. The van der Waals surface area contributed by atoms with Crippen molar-refractivity contribution in [3.8, 4) is 0 Å². The van der Waals surface area contributed by atoms with E-state index < -0.39 is 0 Å². The number of hydrogen-bond donors (Lipinski definition) is 0. The zero-order chi connectivity index (χ0) is 12.7. The van der Waals surface area contributed by atoms with Crippen molar-refractivity contribution in [3.05, 3.63) is 0 Å². The highest BCUT2D eigenvalue weighted by molar-refractivity contribution is 6.20. The fraction of sp³-hybridized carbons (Fsp3) is 0.933. The first-order valence-corrected chi connectivity index (χ1v) is 7.99. The quantitative estimate of drug-likeness (QED) is 0.705. The Balaban J connectivity index is 1.52. The van der Waals surface area contributed by atoms with Crippen molar-refractivity contribution in [3.63, 3.8) is 0 Å². The lowest BCUT2D eigenvalue weighted by atomic mass is 9.86. The third-order valence-corrected chi connectivity index (χ3v) is 6.12. The first kappa shape index (κ1) is 12.8. The monoisotopic (exact) mass is 269 g/mol. The van der Waals surface area contributed by atoms with Gasteiger partial charge in [0.15, 0.2) is 0 Å². The van der Waals surface area contributed by atoms with E-state index in [0.29, 0.717) is 17.7 Å². The minimum absolute atomic E-state index is 0.261. The molecule has 0 aromatic carbocycles. The van der Waals surface area contributed by atoms with Crippen LogP contribution in [0, 0.1) is 23.7 Å². The Morgan fingerprint density at radius 3 is 2.72 bits per heavy atom. The van der Waals surface area contributed by atoms with Crippen molar-refractivity contribution >= 4 is 17.5 Å². The summed E-state index contributed by atoms with van der Waals surface area (Å²) in [7, 11) is 0. The average molecular weight is 270 g/mol. The Kier molecular flexibility index (Phi) is 3.57. The lowest BCUT2D eigenvalue weighted by Gasteiger charge is -2.35. The standard InChI is InChI=1S/C15H24ClNO/c1-10-9-17(5-4-14(10)16)15(18)8-13-7-11-2-3-12(13)6-11/h10-14H,2-9H2,1H3. The average Bonchev–Trinajstić information content (AvgIpc) is 2.94. The molecule has 0 spiro atoms. The summed E-state index contributed by atoms with van der Waals surface area (Å²) in [6.07, 6.45) is 7.29. The molecule has 1 aliphatic heterocycles. The molecule has 1 saturated heterocycles. The molecule has 2 bridgehead atoms. The number of likely N-dealkylation sites (tertiary alicyclic amines) is 1. The zero-order valence-electron chi connectivity index (χ0n) is 11.3. The predicted octanol–water partition coefficient (Wildman–Crippen LogP) is 3.29. The molecule has 2 saturated carbocycles. The third-order valence-electron chi connectivity index (χ3n) is 5.47. The molecule has 0 aromatic rings. The number of carbonyl (C=O) groups excluding carboxylic acids is 1. The lowest BCUT2D eigenvalue weighted by Crippen LogP contribution is -2.44. The molecule has 0 radical (unpaired) electrons. The van der Waals surface area contributed by atoms with Crippen LogP contribution in [0.15, 0.2) is 0 Å². The molecule has 2 aliphatic carbocycles. The van der Waals surface area contributed by atoms with E-state index in [1.54, 1.807) is 0 Å². The number of piperidine rings is 1. The lowest BCUT2D eigenvalue weighted by molar-refractivity contribution is -0.134. The van der Waals surface area contributed by atoms with Crippen LogP contribution in [-0.4, -0.2) is 29.3 Å². The highest BCUT2D eigenvalue weighted by atomic mass is 35.5. The van der Waals surface area contributed by atoms with E-state index in [9.17, 15) is 4.79 Å². The molecule has 0 aromatic heterocycles. The normalized spacial score (nSPS) is 43.4. The van der Waals surface area contributed by atoms with Crippen LogP contribution in [0.1, 0.15) is 45.4 Å². The van der Waals surface area contributed by atoms with Crippen molar-refractivity contribution < 1.29 is 4.79 Å². The first-order valence-electron chi connectivity index (χ1n) is 7.55. The summed E-state index contributed by atoms with van der Waals surface area (Å²) in [6, 6.07) is 0. The highest BCUT2D eigenvalue weighted by Gasteiger charge is 2.41. The van der Waals surface area contributed by atoms with Gasteiger partial charge >= 0.3 is 0 Å². The summed E-state index contributed by atoms with van der Waals surface area (Å²) in [5.74, 6) is 3.34. The second kappa shape index (κ2) is 5.03. The van der Waals surface area contributed by atoms with Gasteiger partial charge in [-0.1, -0.05) is 13.3 Å². The summed E-state index contributed by atoms with van der Waals surface area (Å²) in [6.45, 7) is 3.90. The Morgan fingerprint density at radius 2 is 2.11 bits per heavy atom. The van der Waals surface area contributed by atoms with E-state index in [0.717, 1.165) is 37.8 Å². The summed E-state index contributed by atoms with van der Waals surface area (Å²) in [4.78, 5) is 14.4. The van der Waals surface area contributed by atoms with Gasteiger partial charge < -0.3 is 4.90 Å². The molecule has 0 N–H and O–H groups in total. The fourth-order valence-corrected chi connectivity index (χ4v) is 4.50. The van der Waals surface area contributed by atoms with Gasteiger partial charge in [0.05, 0.1) is 0 Å². The number of carbonyl (C=O) groups is 1. The van der Waals surface area contributed by atoms with Crippen LogP contribution < -0.4 is 0 Å². The molecule has 2 nitrogen and oxygen atoms in total. The van der Waals surface area contributed by atoms with Crippen LogP contribution in [0.4, 0.5) is 0 Å². The number of nitrogens with zero attached hydrogens (tertiary/aromatic N) is 1. The van der Waals surface area contributed by atoms with E-state index >= 15 is 0 Å². The van der Waals surface area contributed by atoms with Crippen molar-refractivity contribution in [2.45, 2.75) is 50.8 Å². The van der Waals surface area contributed by atoms with Crippen LogP contribution in [0.2, 0.25) is 0 Å². The van der Waals surface area contributed by atoms with Crippen LogP contribution in [0.25, 0.3) is 0 Å². The molecular formula is C15H24ClNO. The molecule has 102 valence electrons. The van der Waals surface area contributed by atoms with Gasteiger partial charge in [0.2, 0.25) is 5.91 Å². The first-order chi connectivity index (χ1) is 8.63. The van der Waals surface area contributed by atoms with E-state index in [1.165, 1.54) is 25.7 Å². The number of rotatable bonds is 2. The van der Waals surface area contributed by atoms with Gasteiger partial charge in [0.25, 0.3) is 0 Å². The molecule has 5 unspecified atom stereocenters. The van der Waals surface area contributed by atoms with Gasteiger partial charge in [-0.3, -0.25) is 4.79 Å². The Labute approximate surface area is 115 Å². The van der Waals surface area contributed by atoms with Gasteiger partial charge in [-0.05, 0) is 49.4 Å². The van der Waals surface area contributed by atoms with Crippen molar-refractivity contribution in [2.24, 2.45) is 23.7 Å². The van der Waals surface area contributed by atoms with Gasteiger partial charge in [-0.2, -0.15) is 0 Å². The minimum atomic E-state index is 0.261. The number of fused-ring (bicyclic) bond motifs is 2. The molecule has 3 heteroatoms. The van der Waals surface area contributed by atoms with E-state index in [4.69, 9.17) is 11.6 Å². The molecule has 1 heterocycles. The third kappa shape index (κ3) is 2.41. The van der Waals surface area contributed by atoms with Crippen LogP contribution in [0.5, 0.6) is 0 Å². The molecule has 3 aliphatic rings. The molecule has 1 amide bonds. The number of hydrogen-bond acceptors (Lipinski definition) is 1. The van der Waals surface area contributed by atoms with Crippen molar-refractivity contribution in [1.29, 1.82) is 0 Å². The highest BCUT2D eigenvalue weighted by Crippen LogP contribution is 2.49. The van der Waals surface area contributed by atoms with Gasteiger partial charge in [0.1, 0.15) is 0 Å². The topological polar surface area (TPSA) is 20.3 Å². The summed E-state index contributed by atoms with van der Waals surface area (Å²) >= 11 is 6.22. The Bertz CT molecular complexity index is 332. The van der Waals surface area contributed by atoms with Gasteiger partial charge in [-0.25, -0.2) is 0 Å². The van der Waals surface area contributed by atoms with E-state index in [-0.39, 0.29) is 5.38 Å². The largest absolute Gasteiger partial charge is 0.342 e. The molecule has 3 rings (SSSR count). The van der Waals surface area contributed by atoms with Crippen LogP contribution in [0.3, 0.4) is 0 Å². The molecule has 3 fully saturated rings. The summed E-state index contributed by atoms with van der Waals surface area (Å²) < 4.78 is 0. The smallest absolute Gasteiger partial charge is 0.222 e. The predicted molar refractivity (Wildman–Crippen MR) is 73.6 cm³/mol. The van der Waals surface area contributed by atoms with E-state index in [2.05, 4.69) is 11.8 Å². The maximum Gasteiger partial charge on any atom is 0.222 e. The number of alkyl halides is 1. The number of amides is 1. The zero-order valence-corrected chi connectivity index (χ0v) is 12.0. The van der Waals surface area contributed by atoms with Crippen molar-refractivity contribution in [1.82, 2.24) is 4.90 Å². The second-order valence-corrected chi connectivity index (χ2v) is 7.32. The second-order valence-electron chi connectivity index (χ2n) is 6.76. The van der Waals surface area contributed by atoms with Gasteiger partial charge in [-0.15, -0.1) is 11.6 Å². The van der Waals surface area contributed by atoms with Crippen LogP contribution in [-0.2, 0) is 4.79 Å². The molecular weight excluding hydrogens is 246 g/mol. The van der Waals surface area contributed by atoms with Crippen molar-refractivity contribution in [2.75, 3.05) is 13.1 Å². The van der Waals surface area contributed by atoms with Crippen LogP contribution >= 0.6 is 11.6 Å². The van der Waals surface area contributed by atoms with Gasteiger partial charge in [0, 0.05) is 24.9 Å². The maximum atomic E-state index is 12.4. The SMILES string of the molecule is CC1CN(C(=O)CC2CC3CCC2C3)CCC1Cl. The summed E-state index contributed by atoms with van der Waals surface area (Å²) in [5.41, 5.74) is 0. The summed E-state index contributed by atoms with van der Waals surface area (Å²) in [5, 5.41) is 0.261. The molecule has 5 atom stereocenters. The maximum absolute atomic E-state index is 12.4. The minimum Gasteiger partial charge on any atom is -0.342 e. The Morgan fingerprint density at radius 1 is 1.28 bits per heavy atom.